The summed E-state index contributed by atoms with van der Waals surface area (Å²) in [6, 6.07) is 9.80. The van der Waals surface area contributed by atoms with E-state index in [4.69, 9.17) is 25.8 Å². The van der Waals surface area contributed by atoms with Crippen LogP contribution in [0.3, 0.4) is 0 Å². The largest absolute Gasteiger partial charge is 0.486 e. The van der Waals surface area contributed by atoms with Gasteiger partial charge in [0.1, 0.15) is 19.0 Å². The Morgan fingerprint density at radius 3 is 2.65 bits per heavy atom. The molecule has 0 bridgehead atoms. The van der Waals surface area contributed by atoms with Crippen molar-refractivity contribution >= 4 is 34.8 Å². The normalized spacial score (nSPS) is 20.5. The Morgan fingerprint density at radius 2 is 1.85 bits per heavy atom. The van der Waals surface area contributed by atoms with Crippen molar-refractivity contribution in [3.63, 3.8) is 0 Å². The van der Waals surface area contributed by atoms with Gasteiger partial charge in [-0.1, -0.05) is 11.6 Å². The van der Waals surface area contributed by atoms with E-state index in [0.29, 0.717) is 46.9 Å². The Kier molecular flexibility index (Phi) is 3.88. The monoisotopic (exact) mass is 374 g/mol. The van der Waals surface area contributed by atoms with Gasteiger partial charge in [-0.05, 0) is 37.3 Å². The van der Waals surface area contributed by atoms with Gasteiger partial charge in [-0.2, -0.15) is 0 Å². The van der Waals surface area contributed by atoms with Crippen molar-refractivity contribution in [3.05, 3.63) is 41.4 Å². The molecule has 134 valence electrons. The summed E-state index contributed by atoms with van der Waals surface area (Å²) >= 11 is 5.92. The summed E-state index contributed by atoms with van der Waals surface area (Å²) in [4.78, 5) is 25.2. The van der Waals surface area contributed by atoms with Crippen LogP contribution in [0.25, 0.3) is 0 Å². The average molecular weight is 375 g/mol. The number of carbonyl (C=O) groups is 2. The summed E-state index contributed by atoms with van der Waals surface area (Å²) in [5.41, 5.74) is -0.834. The van der Waals surface area contributed by atoms with Gasteiger partial charge in [0.15, 0.2) is 11.5 Å². The van der Waals surface area contributed by atoms with Crippen LogP contribution in [0.1, 0.15) is 6.92 Å². The van der Waals surface area contributed by atoms with E-state index in [0.717, 1.165) is 0 Å². The molecule has 2 aliphatic rings. The lowest BCUT2D eigenvalue weighted by molar-refractivity contribution is -0.143. The van der Waals surface area contributed by atoms with Gasteiger partial charge in [-0.15, -0.1) is 0 Å². The summed E-state index contributed by atoms with van der Waals surface area (Å²) < 4.78 is 16.6. The zero-order valence-electron chi connectivity index (χ0n) is 13.8. The number of hydrogen-bond donors (Lipinski definition) is 2. The first kappa shape index (κ1) is 16.5. The van der Waals surface area contributed by atoms with Crippen molar-refractivity contribution < 1.29 is 23.8 Å². The molecule has 2 aromatic rings. The molecule has 1 unspecified atom stereocenters. The lowest BCUT2D eigenvalue weighted by Gasteiger charge is -2.33. The number of hydrogen-bond acceptors (Lipinski definition) is 5. The molecule has 8 heteroatoms. The molecule has 0 saturated heterocycles. The summed E-state index contributed by atoms with van der Waals surface area (Å²) in [5.74, 6) is 0.328. The minimum Gasteiger partial charge on any atom is -0.486 e. The van der Waals surface area contributed by atoms with Gasteiger partial charge < -0.3 is 24.8 Å². The number of fused-ring (bicyclic) bond motifs is 2. The van der Waals surface area contributed by atoms with Crippen LogP contribution in [-0.2, 0) is 9.59 Å². The third-order valence-corrected chi connectivity index (χ3v) is 4.41. The number of rotatable bonds is 2. The van der Waals surface area contributed by atoms with Crippen molar-refractivity contribution in [3.8, 4) is 17.2 Å². The molecule has 1 atom stereocenters. The molecule has 26 heavy (non-hydrogen) atoms. The van der Waals surface area contributed by atoms with Crippen LogP contribution in [0.15, 0.2) is 36.4 Å². The Morgan fingerprint density at radius 1 is 1.12 bits per heavy atom. The van der Waals surface area contributed by atoms with Crippen molar-refractivity contribution in [1.82, 2.24) is 0 Å². The number of ether oxygens (including phenoxy) is 3. The molecule has 2 aromatic carbocycles. The molecule has 0 aromatic heterocycles. The third kappa shape index (κ3) is 2.80. The van der Waals surface area contributed by atoms with Gasteiger partial charge in [0, 0.05) is 16.8 Å². The molecular formula is C18H15ClN2O5. The zero-order valence-corrected chi connectivity index (χ0v) is 14.6. The zero-order chi connectivity index (χ0) is 18.3. The van der Waals surface area contributed by atoms with E-state index in [-0.39, 0.29) is 0 Å². The molecule has 2 aliphatic heterocycles. The molecular weight excluding hydrogens is 360 g/mol. The number of nitrogens with one attached hydrogen (secondary N) is 2. The highest BCUT2D eigenvalue weighted by molar-refractivity contribution is 6.31. The van der Waals surface area contributed by atoms with Gasteiger partial charge in [-0.25, -0.2) is 0 Å². The predicted octanol–water partition coefficient (Wildman–Crippen LogP) is 2.84. The highest BCUT2D eigenvalue weighted by Gasteiger charge is 2.47. The summed E-state index contributed by atoms with van der Waals surface area (Å²) in [6.45, 7) is 2.33. The summed E-state index contributed by atoms with van der Waals surface area (Å²) in [6.07, 6.45) is 0. The fourth-order valence-corrected chi connectivity index (χ4v) is 2.89. The molecule has 0 fully saturated rings. The molecule has 2 amide bonds. The van der Waals surface area contributed by atoms with Crippen molar-refractivity contribution in [2.24, 2.45) is 0 Å². The molecule has 0 radical (unpaired) electrons. The van der Waals surface area contributed by atoms with Gasteiger partial charge in [0.05, 0.1) is 5.69 Å². The SMILES string of the molecule is CC1(C(=O)Nc2ccc3c(c2)OCCO3)Oc2ccc(Cl)cc2NC1=O. The Labute approximate surface area is 154 Å². The topological polar surface area (TPSA) is 85.9 Å². The predicted molar refractivity (Wildman–Crippen MR) is 95.2 cm³/mol. The highest BCUT2D eigenvalue weighted by Crippen LogP contribution is 2.37. The smallest absolute Gasteiger partial charge is 0.278 e. The first-order valence-electron chi connectivity index (χ1n) is 7.97. The fourth-order valence-electron chi connectivity index (χ4n) is 2.72. The van der Waals surface area contributed by atoms with Crippen LogP contribution in [-0.4, -0.2) is 30.6 Å². The minimum atomic E-state index is -1.73. The third-order valence-electron chi connectivity index (χ3n) is 4.17. The van der Waals surface area contributed by atoms with E-state index >= 15 is 0 Å². The summed E-state index contributed by atoms with van der Waals surface area (Å²) in [7, 11) is 0. The fraction of sp³-hybridized carbons (Fsp3) is 0.222. The van der Waals surface area contributed by atoms with Crippen molar-refractivity contribution in [2.45, 2.75) is 12.5 Å². The number of anilines is 2. The standard InChI is InChI=1S/C18H15ClN2O5/c1-18(17(23)21-12-8-10(19)2-4-13(12)26-18)16(22)20-11-3-5-14-15(9-11)25-7-6-24-14/h2-5,8-9H,6-7H2,1H3,(H,20,22)(H,21,23). The minimum absolute atomic E-state index is 0.369. The Balaban J connectivity index is 1.57. The second-order valence-electron chi connectivity index (χ2n) is 6.04. The Hall–Kier alpha value is -2.93. The highest BCUT2D eigenvalue weighted by atomic mass is 35.5. The van der Waals surface area contributed by atoms with Crippen molar-refractivity contribution in [1.29, 1.82) is 0 Å². The molecule has 0 saturated carbocycles. The van der Waals surface area contributed by atoms with Gasteiger partial charge >= 0.3 is 0 Å². The molecule has 2 heterocycles. The molecule has 0 spiro atoms. The van der Waals surface area contributed by atoms with Crippen LogP contribution < -0.4 is 24.8 Å². The van der Waals surface area contributed by atoms with E-state index in [9.17, 15) is 9.59 Å². The molecule has 4 rings (SSSR count). The van der Waals surface area contributed by atoms with E-state index < -0.39 is 17.4 Å². The maximum atomic E-state index is 12.7. The Bertz CT molecular complexity index is 916. The van der Waals surface area contributed by atoms with Gasteiger partial charge in [-0.3, -0.25) is 9.59 Å². The first-order valence-corrected chi connectivity index (χ1v) is 8.35. The lowest BCUT2D eigenvalue weighted by atomic mass is 10.0. The maximum absolute atomic E-state index is 12.7. The van der Waals surface area contributed by atoms with Crippen LogP contribution >= 0.6 is 11.6 Å². The molecule has 7 nitrogen and oxygen atoms in total. The van der Waals surface area contributed by atoms with Crippen LogP contribution in [0, 0.1) is 0 Å². The van der Waals surface area contributed by atoms with Gasteiger partial charge in [0.2, 0.25) is 0 Å². The molecule has 0 aliphatic carbocycles. The number of amides is 2. The first-order chi connectivity index (χ1) is 12.5. The second kappa shape index (κ2) is 6.10. The van der Waals surface area contributed by atoms with Crippen LogP contribution in [0.2, 0.25) is 5.02 Å². The van der Waals surface area contributed by atoms with Crippen LogP contribution in [0.5, 0.6) is 17.2 Å². The number of benzene rings is 2. The number of carbonyl (C=O) groups excluding carboxylic acids is 2. The average Bonchev–Trinajstić information content (AvgIpc) is 2.63. The summed E-state index contributed by atoms with van der Waals surface area (Å²) in [5, 5.41) is 5.80. The van der Waals surface area contributed by atoms with E-state index in [1.807, 2.05) is 0 Å². The van der Waals surface area contributed by atoms with E-state index in [1.165, 1.54) is 6.92 Å². The van der Waals surface area contributed by atoms with Gasteiger partial charge in [0.25, 0.3) is 17.4 Å². The molecule has 2 N–H and O–H groups in total. The second-order valence-corrected chi connectivity index (χ2v) is 6.48. The lowest BCUT2D eigenvalue weighted by Crippen LogP contribution is -2.56. The quantitative estimate of drug-likeness (QED) is 0.789. The van der Waals surface area contributed by atoms with E-state index in [1.54, 1.807) is 36.4 Å². The van der Waals surface area contributed by atoms with Crippen LogP contribution in [0.4, 0.5) is 11.4 Å². The maximum Gasteiger partial charge on any atom is 0.278 e. The van der Waals surface area contributed by atoms with Crippen molar-refractivity contribution in [2.75, 3.05) is 23.8 Å². The van der Waals surface area contributed by atoms with E-state index in [2.05, 4.69) is 10.6 Å². The number of halogens is 1.